The van der Waals surface area contributed by atoms with Gasteiger partial charge in [0.25, 0.3) is 0 Å². The number of anilines is 1. The van der Waals surface area contributed by atoms with Gasteiger partial charge in [0.2, 0.25) is 0 Å². The van der Waals surface area contributed by atoms with E-state index >= 15 is 0 Å². The van der Waals surface area contributed by atoms with E-state index in [4.69, 9.17) is 9.47 Å². The summed E-state index contributed by atoms with van der Waals surface area (Å²) in [4.78, 5) is 11.6. The van der Waals surface area contributed by atoms with Crippen LogP contribution in [0.2, 0.25) is 0 Å². The number of fused-ring (bicyclic) bond motifs is 1. The van der Waals surface area contributed by atoms with Crippen molar-refractivity contribution < 1.29 is 14.3 Å². The average molecular weight is 233 g/mol. The van der Waals surface area contributed by atoms with Crippen LogP contribution in [0.4, 0.5) is 5.69 Å². The zero-order valence-electron chi connectivity index (χ0n) is 9.95. The molecular weight excluding hydrogens is 218 g/mol. The van der Waals surface area contributed by atoms with Gasteiger partial charge in [-0.15, -0.1) is 0 Å². The summed E-state index contributed by atoms with van der Waals surface area (Å²) in [6, 6.07) is 5.69. The fourth-order valence-corrected chi connectivity index (χ4v) is 1.73. The topological polar surface area (TPSA) is 47.6 Å². The van der Waals surface area contributed by atoms with E-state index in [0.717, 1.165) is 17.0 Å². The van der Waals surface area contributed by atoms with Gasteiger partial charge in [-0.3, -0.25) is 0 Å². The SMILES string of the molecule is CCOC(=O)C1=Cc2ccc(OC)cc2NC1. The third kappa shape index (κ3) is 2.41. The van der Waals surface area contributed by atoms with Crippen LogP contribution < -0.4 is 10.1 Å². The van der Waals surface area contributed by atoms with Crippen LogP contribution in [-0.4, -0.2) is 26.2 Å². The summed E-state index contributed by atoms with van der Waals surface area (Å²) >= 11 is 0. The number of ether oxygens (including phenoxy) is 2. The zero-order chi connectivity index (χ0) is 12.3. The minimum atomic E-state index is -0.263. The molecule has 0 aromatic heterocycles. The molecule has 0 unspecified atom stereocenters. The number of carbonyl (C=O) groups is 1. The van der Waals surface area contributed by atoms with Gasteiger partial charge in [-0.25, -0.2) is 4.79 Å². The second-order valence-electron chi connectivity index (χ2n) is 3.70. The predicted molar refractivity (Wildman–Crippen MR) is 66.1 cm³/mol. The van der Waals surface area contributed by atoms with Gasteiger partial charge in [-0.2, -0.15) is 0 Å². The van der Waals surface area contributed by atoms with Crippen LogP contribution in [0.1, 0.15) is 12.5 Å². The number of methoxy groups -OCH3 is 1. The molecule has 17 heavy (non-hydrogen) atoms. The van der Waals surface area contributed by atoms with Gasteiger partial charge in [0, 0.05) is 18.3 Å². The van der Waals surface area contributed by atoms with E-state index in [0.29, 0.717) is 18.7 Å². The summed E-state index contributed by atoms with van der Waals surface area (Å²) in [5, 5.41) is 3.18. The maximum absolute atomic E-state index is 11.6. The lowest BCUT2D eigenvalue weighted by Crippen LogP contribution is -2.19. The third-order valence-electron chi connectivity index (χ3n) is 2.60. The lowest BCUT2D eigenvalue weighted by atomic mass is 10.0. The molecule has 2 rings (SSSR count). The van der Waals surface area contributed by atoms with Gasteiger partial charge >= 0.3 is 5.97 Å². The Kier molecular flexibility index (Phi) is 3.32. The highest BCUT2D eigenvalue weighted by molar-refractivity contribution is 5.97. The molecule has 1 aliphatic heterocycles. The zero-order valence-corrected chi connectivity index (χ0v) is 9.95. The van der Waals surface area contributed by atoms with E-state index in [1.54, 1.807) is 14.0 Å². The summed E-state index contributed by atoms with van der Waals surface area (Å²) < 4.78 is 10.1. The maximum Gasteiger partial charge on any atom is 0.335 e. The summed E-state index contributed by atoms with van der Waals surface area (Å²) in [6.07, 6.45) is 1.85. The first-order valence-electron chi connectivity index (χ1n) is 5.54. The van der Waals surface area contributed by atoms with Crippen molar-refractivity contribution in [1.82, 2.24) is 0 Å². The number of benzene rings is 1. The van der Waals surface area contributed by atoms with Crippen LogP contribution in [0.5, 0.6) is 5.75 Å². The highest BCUT2D eigenvalue weighted by Gasteiger charge is 2.16. The van der Waals surface area contributed by atoms with Crippen molar-refractivity contribution in [3.8, 4) is 5.75 Å². The number of hydrogen-bond acceptors (Lipinski definition) is 4. The third-order valence-corrected chi connectivity index (χ3v) is 2.60. The van der Waals surface area contributed by atoms with Crippen molar-refractivity contribution in [1.29, 1.82) is 0 Å². The molecule has 4 nitrogen and oxygen atoms in total. The Morgan fingerprint density at radius 2 is 2.29 bits per heavy atom. The minimum Gasteiger partial charge on any atom is -0.497 e. The van der Waals surface area contributed by atoms with Gasteiger partial charge in [0.05, 0.1) is 19.3 Å². The molecule has 0 saturated carbocycles. The lowest BCUT2D eigenvalue weighted by Gasteiger charge is -2.18. The second-order valence-corrected chi connectivity index (χ2v) is 3.70. The highest BCUT2D eigenvalue weighted by atomic mass is 16.5. The molecule has 0 radical (unpaired) electrons. The number of hydrogen-bond donors (Lipinski definition) is 1. The summed E-state index contributed by atoms with van der Waals surface area (Å²) in [5.41, 5.74) is 2.59. The largest absolute Gasteiger partial charge is 0.497 e. The normalized spacial score (nSPS) is 13.2. The molecule has 0 fully saturated rings. The van der Waals surface area contributed by atoms with Crippen molar-refractivity contribution in [3.05, 3.63) is 29.3 Å². The first-order valence-corrected chi connectivity index (χ1v) is 5.54. The number of nitrogens with one attached hydrogen (secondary N) is 1. The van der Waals surface area contributed by atoms with Gasteiger partial charge < -0.3 is 14.8 Å². The molecule has 0 spiro atoms. The van der Waals surface area contributed by atoms with Crippen molar-refractivity contribution in [2.75, 3.05) is 25.6 Å². The van der Waals surface area contributed by atoms with Crippen LogP contribution in [0.3, 0.4) is 0 Å². The van der Waals surface area contributed by atoms with Crippen LogP contribution in [0.25, 0.3) is 6.08 Å². The maximum atomic E-state index is 11.6. The fraction of sp³-hybridized carbons (Fsp3) is 0.308. The number of carbonyl (C=O) groups excluding carboxylic acids is 1. The van der Waals surface area contributed by atoms with E-state index < -0.39 is 0 Å². The Morgan fingerprint density at radius 3 is 3.00 bits per heavy atom. The molecule has 1 aliphatic rings. The van der Waals surface area contributed by atoms with Crippen molar-refractivity contribution in [3.63, 3.8) is 0 Å². The van der Waals surface area contributed by atoms with Gasteiger partial charge in [0.15, 0.2) is 0 Å². The Hall–Kier alpha value is -1.97. The molecule has 90 valence electrons. The molecule has 0 bridgehead atoms. The molecule has 1 N–H and O–H groups in total. The lowest BCUT2D eigenvalue weighted by molar-refractivity contribution is -0.138. The van der Waals surface area contributed by atoms with E-state index in [2.05, 4.69) is 5.32 Å². The van der Waals surface area contributed by atoms with E-state index in [1.807, 2.05) is 24.3 Å². The summed E-state index contributed by atoms with van der Waals surface area (Å²) in [5.74, 6) is 0.533. The molecule has 1 aromatic carbocycles. The van der Waals surface area contributed by atoms with Crippen molar-refractivity contribution >= 4 is 17.7 Å². The minimum absolute atomic E-state index is 0.263. The smallest absolute Gasteiger partial charge is 0.335 e. The monoisotopic (exact) mass is 233 g/mol. The van der Waals surface area contributed by atoms with E-state index in [-0.39, 0.29) is 5.97 Å². The molecule has 4 heteroatoms. The Balaban J connectivity index is 2.26. The number of rotatable bonds is 3. The average Bonchev–Trinajstić information content (AvgIpc) is 2.37. The Morgan fingerprint density at radius 1 is 1.47 bits per heavy atom. The molecular formula is C13H15NO3. The van der Waals surface area contributed by atoms with Crippen LogP contribution >= 0.6 is 0 Å². The fourth-order valence-electron chi connectivity index (χ4n) is 1.73. The molecule has 0 aliphatic carbocycles. The van der Waals surface area contributed by atoms with Gasteiger partial charge in [-0.1, -0.05) is 0 Å². The van der Waals surface area contributed by atoms with Gasteiger partial charge in [-0.05, 0) is 30.7 Å². The molecule has 0 amide bonds. The molecule has 0 atom stereocenters. The Bertz CT molecular complexity index is 466. The van der Waals surface area contributed by atoms with Crippen LogP contribution in [0.15, 0.2) is 23.8 Å². The van der Waals surface area contributed by atoms with Crippen molar-refractivity contribution in [2.24, 2.45) is 0 Å². The standard InChI is InChI=1S/C13H15NO3/c1-3-17-13(15)10-6-9-4-5-11(16-2)7-12(9)14-8-10/h4-7,14H,3,8H2,1-2H3. The quantitative estimate of drug-likeness (QED) is 0.812. The predicted octanol–water partition coefficient (Wildman–Crippen LogP) is 2.07. The highest BCUT2D eigenvalue weighted by Crippen LogP contribution is 2.28. The Labute approximate surface area is 100 Å². The van der Waals surface area contributed by atoms with E-state index in [1.165, 1.54) is 0 Å². The second kappa shape index (κ2) is 4.91. The van der Waals surface area contributed by atoms with Crippen LogP contribution in [0, 0.1) is 0 Å². The van der Waals surface area contributed by atoms with Gasteiger partial charge in [0.1, 0.15) is 5.75 Å². The summed E-state index contributed by atoms with van der Waals surface area (Å²) in [6.45, 7) is 2.68. The first kappa shape index (κ1) is 11.5. The molecule has 1 heterocycles. The number of esters is 1. The van der Waals surface area contributed by atoms with Crippen LogP contribution in [-0.2, 0) is 9.53 Å². The van der Waals surface area contributed by atoms with Crippen molar-refractivity contribution in [2.45, 2.75) is 6.92 Å². The summed E-state index contributed by atoms with van der Waals surface area (Å²) in [7, 11) is 1.63. The van der Waals surface area contributed by atoms with E-state index in [9.17, 15) is 4.79 Å². The molecule has 1 aromatic rings. The first-order chi connectivity index (χ1) is 8.24. The molecule has 0 saturated heterocycles.